The van der Waals surface area contributed by atoms with Gasteiger partial charge in [-0.15, -0.1) is 0 Å². The lowest BCUT2D eigenvalue weighted by Gasteiger charge is -2.06. The van der Waals surface area contributed by atoms with Gasteiger partial charge in [0.05, 0.1) is 12.7 Å². The molecule has 3 aromatic rings. The number of carbonyl (C=O) groups is 2. The smallest absolute Gasteiger partial charge is 0.337 e. The van der Waals surface area contributed by atoms with E-state index in [1.54, 1.807) is 12.1 Å². The van der Waals surface area contributed by atoms with Crippen LogP contribution in [0.15, 0.2) is 78.4 Å². The Bertz CT molecular complexity index is 1160. The number of esters is 1. The van der Waals surface area contributed by atoms with Crippen molar-refractivity contribution in [3.63, 3.8) is 0 Å². The van der Waals surface area contributed by atoms with Gasteiger partial charge in [0.25, 0.3) is 5.91 Å². The number of rotatable bonds is 6. The molecule has 1 N–H and O–H groups in total. The van der Waals surface area contributed by atoms with Crippen LogP contribution in [0, 0.1) is 11.3 Å². The minimum absolute atomic E-state index is 0.0316. The van der Waals surface area contributed by atoms with E-state index in [0.29, 0.717) is 17.7 Å². The predicted octanol–water partition coefficient (Wildman–Crippen LogP) is 5.26. The molecule has 0 aliphatic carbocycles. The Hall–Kier alpha value is -3.88. The van der Waals surface area contributed by atoms with Crippen molar-refractivity contribution in [1.29, 1.82) is 5.26 Å². The molecule has 0 saturated heterocycles. The lowest BCUT2D eigenvalue weighted by molar-refractivity contribution is -0.112. The Labute approximate surface area is 185 Å². The average Bonchev–Trinajstić information content (AvgIpc) is 2.80. The van der Waals surface area contributed by atoms with E-state index in [1.807, 2.05) is 54.6 Å². The van der Waals surface area contributed by atoms with Gasteiger partial charge < -0.3 is 10.1 Å². The first-order valence-electron chi connectivity index (χ1n) is 9.44. The SMILES string of the molecule is COC(=O)c1ccc(NC(=O)/C(C#N)=C/c2ccc(Cc3ccccc3Cl)cc2)cc1. The highest BCUT2D eigenvalue weighted by atomic mass is 35.5. The molecule has 0 spiro atoms. The maximum atomic E-state index is 12.5. The monoisotopic (exact) mass is 430 g/mol. The molecule has 31 heavy (non-hydrogen) atoms. The number of nitrogens with zero attached hydrogens (tertiary/aromatic N) is 1. The summed E-state index contributed by atoms with van der Waals surface area (Å²) in [4.78, 5) is 23.9. The van der Waals surface area contributed by atoms with Gasteiger partial charge in [0.2, 0.25) is 0 Å². The predicted molar refractivity (Wildman–Crippen MR) is 121 cm³/mol. The zero-order valence-corrected chi connectivity index (χ0v) is 17.5. The average molecular weight is 431 g/mol. The van der Waals surface area contributed by atoms with Crippen LogP contribution in [0.3, 0.4) is 0 Å². The summed E-state index contributed by atoms with van der Waals surface area (Å²) in [5, 5.41) is 12.8. The number of benzene rings is 3. The summed E-state index contributed by atoms with van der Waals surface area (Å²) in [6.07, 6.45) is 2.22. The van der Waals surface area contributed by atoms with Crippen molar-refractivity contribution < 1.29 is 14.3 Å². The first-order valence-corrected chi connectivity index (χ1v) is 9.82. The van der Waals surface area contributed by atoms with Gasteiger partial charge in [-0.05, 0) is 59.5 Å². The molecule has 0 aromatic heterocycles. The third kappa shape index (κ3) is 5.81. The normalized spacial score (nSPS) is 10.8. The molecule has 154 valence electrons. The number of hydrogen-bond donors (Lipinski definition) is 1. The second kappa shape index (κ2) is 10.2. The quantitative estimate of drug-likeness (QED) is 0.328. The van der Waals surface area contributed by atoms with Crippen LogP contribution in [0.5, 0.6) is 0 Å². The molecule has 3 rings (SSSR count). The molecule has 6 heteroatoms. The number of carbonyl (C=O) groups excluding carboxylic acids is 2. The van der Waals surface area contributed by atoms with Gasteiger partial charge in [0.1, 0.15) is 11.6 Å². The van der Waals surface area contributed by atoms with Crippen molar-refractivity contribution in [2.45, 2.75) is 6.42 Å². The van der Waals surface area contributed by atoms with Crippen LogP contribution < -0.4 is 5.32 Å². The topological polar surface area (TPSA) is 79.2 Å². The van der Waals surface area contributed by atoms with E-state index in [0.717, 1.165) is 21.7 Å². The number of amides is 1. The zero-order valence-electron chi connectivity index (χ0n) is 16.8. The molecular weight excluding hydrogens is 412 g/mol. The summed E-state index contributed by atoms with van der Waals surface area (Å²) in [7, 11) is 1.30. The largest absolute Gasteiger partial charge is 0.465 e. The number of anilines is 1. The molecule has 0 bridgehead atoms. The fraction of sp³-hybridized carbons (Fsp3) is 0.0800. The molecule has 3 aromatic carbocycles. The standard InChI is InChI=1S/C25H19ClN2O3/c1-31-25(30)19-10-12-22(13-11-19)28-24(29)21(16-27)15-18-8-6-17(7-9-18)14-20-4-2-3-5-23(20)26/h2-13,15H,14H2,1H3,(H,28,29)/b21-15+. The summed E-state index contributed by atoms with van der Waals surface area (Å²) in [6, 6.07) is 23.4. The Balaban J connectivity index is 1.69. The molecule has 0 heterocycles. The third-order valence-electron chi connectivity index (χ3n) is 4.57. The number of nitrogens with one attached hydrogen (secondary N) is 1. The molecule has 1 amide bonds. The lowest BCUT2D eigenvalue weighted by atomic mass is 10.0. The minimum atomic E-state index is -0.534. The number of nitriles is 1. The molecule has 0 atom stereocenters. The van der Waals surface area contributed by atoms with Crippen molar-refractivity contribution in [3.8, 4) is 6.07 Å². The second-order valence-corrected chi connectivity index (χ2v) is 7.11. The van der Waals surface area contributed by atoms with Crippen LogP contribution in [-0.4, -0.2) is 19.0 Å². The van der Waals surface area contributed by atoms with Crippen molar-refractivity contribution in [2.24, 2.45) is 0 Å². The molecule has 0 radical (unpaired) electrons. The summed E-state index contributed by atoms with van der Waals surface area (Å²) >= 11 is 6.21. The molecule has 0 fully saturated rings. The van der Waals surface area contributed by atoms with Gasteiger partial charge >= 0.3 is 5.97 Å². The fourth-order valence-electron chi connectivity index (χ4n) is 2.91. The summed E-state index contributed by atoms with van der Waals surface area (Å²) in [5.41, 5.74) is 3.63. The minimum Gasteiger partial charge on any atom is -0.465 e. The van der Waals surface area contributed by atoms with Gasteiger partial charge in [0, 0.05) is 10.7 Å². The Morgan fingerprint density at radius 1 is 1.03 bits per heavy atom. The van der Waals surface area contributed by atoms with E-state index >= 15 is 0 Å². The van der Waals surface area contributed by atoms with Crippen LogP contribution >= 0.6 is 11.6 Å². The van der Waals surface area contributed by atoms with Crippen molar-refractivity contribution in [1.82, 2.24) is 0 Å². The molecular formula is C25H19ClN2O3. The van der Waals surface area contributed by atoms with Crippen molar-refractivity contribution in [3.05, 3.63) is 106 Å². The Kier molecular flexibility index (Phi) is 7.21. The van der Waals surface area contributed by atoms with E-state index in [9.17, 15) is 14.9 Å². The highest BCUT2D eigenvalue weighted by Gasteiger charge is 2.11. The van der Waals surface area contributed by atoms with Gasteiger partial charge in [-0.25, -0.2) is 4.79 Å². The lowest BCUT2D eigenvalue weighted by Crippen LogP contribution is -2.13. The maximum absolute atomic E-state index is 12.5. The molecule has 0 aliphatic heterocycles. The first kappa shape index (κ1) is 21.8. The third-order valence-corrected chi connectivity index (χ3v) is 4.94. The summed E-state index contributed by atoms with van der Waals surface area (Å²) in [6.45, 7) is 0. The van der Waals surface area contributed by atoms with E-state index < -0.39 is 11.9 Å². The van der Waals surface area contributed by atoms with E-state index in [-0.39, 0.29) is 5.57 Å². The van der Waals surface area contributed by atoms with E-state index in [4.69, 9.17) is 11.6 Å². The van der Waals surface area contributed by atoms with Crippen molar-refractivity contribution >= 4 is 35.2 Å². The number of methoxy groups -OCH3 is 1. The fourth-order valence-corrected chi connectivity index (χ4v) is 3.12. The van der Waals surface area contributed by atoms with Crippen molar-refractivity contribution in [2.75, 3.05) is 12.4 Å². The Morgan fingerprint density at radius 3 is 2.32 bits per heavy atom. The highest BCUT2D eigenvalue weighted by molar-refractivity contribution is 6.31. The van der Waals surface area contributed by atoms with Crippen LogP contribution in [-0.2, 0) is 16.0 Å². The molecule has 0 aliphatic rings. The summed E-state index contributed by atoms with van der Waals surface area (Å²) in [5.74, 6) is -0.998. The van der Waals surface area contributed by atoms with Gasteiger partial charge in [-0.2, -0.15) is 5.26 Å². The summed E-state index contributed by atoms with van der Waals surface area (Å²) < 4.78 is 4.64. The highest BCUT2D eigenvalue weighted by Crippen LogP contribution is 2.20. The van der Waals surface area contributed by atoms with E-state index in [2.05, 4.69) is 10.1 Å². The van der Waals surface area contributed by atoms with Crippen LogP contribution in [0.4, 0.5) is 5.69 Å². The zero-order chi connectivity index (χ0) is 22.2. The number of ether oxygens (including phenoxy) is 1. The van der Waals surface area contributed by atoms with Gasteiger partial charge in [0.15, 0.2) is 0 Å². The van der Waals surface area contributed by atoms with Crippen LogP contribution in [0.2, 0.25) is 5.02 Å². The van der Waals surface area contributed by atoms with Crippen LogP contribution in [0.1, 0.15) is 27.0 Å². The Morgan fingerprint density at radius 2 is 1.71 bits per heavy atom. The number of hydrogen-bond acceptors (Lipinski definition) is 4. The van der Waals surface area contributed by atoms with E-state index in [1.165, 1.54) is 25.3 Å². The molecule has 0 unspecified atom stereocenters. The van der Waals surface area contributed by atoms with Crippen LogP contribution in [0.25, 0.3) is 6.08 Å². The second-order valence-electron chi connectivity index (χ2n) is 6.70. The number of halogens is 1. The molecule has 5 nitrogen and oxygen atoms in total. The van der Waals surface area contributed by atoms with Gasteiger partial charge in [-0.3, -0.25) is 4.79 Å². The maximum Gasteiger partial charge on any atom is 0.337 e. The van der Waals surface area contributed by atoms with Gasteiger partial charge in [-0.1, -0.05) is 54.1 Å². The molecule has 0 saturated carbocycles. The first-order chi connectivity index (χ1) is 15.0.